The molecule has 1 N–H and O–H groups in total. The maximum absolute atomic E-state index is 12.6. The molecule has 0 aliphatic rings. The van der Waals surface area contributed by atoms with Crippen LogP contribution in [-0.4, -0.2) is 17.6 Å². The minimum absolute atomic E-state index is 0.0821. The lowest BCUT2D eigenvalue weighted by molar-refractivity contribution is -0.117. The van der Waals surface area contributed by atoms with Gasteiger partial charge in [0.2, 0.25) is 0 Å². The summed E-state index contributed by atoms with van der Waals surface area (Å²) in [4.78, 5) is 12.6. The number of nitrogens with zero attached hydrogens (tertiary/aromatic N) is 2. The molecule has 0 aliphatic carbocycles. The SMILES string of the molecule is CCCCc1ccc(-n2c(C)cc(/C=C(/C#N)C(=O)NCc3ccc(OC)cc3)c2C)cc1. The fraction of sp³-hybridized carbons (Fsp3) is 0.286. The number of hydrogen-bond acceptors (Lipinski definition) is 3. The number of benzene rings is 2. The van der Waals surface area contributed by atoms with Gasteiger partial charge in [0.15, 0.2) is 0 Å². The lowest BCUT2D eigenvalue weighted by atomic mass is 10.1. The van der Waals surface area contributed by atoms with Gasteiger partial charge >= 0.3 is 0 Å². The molecule has 5 heteroatoms. The average molecular weight is 442 g/mol. The molecule has 33 heavy (non-hydrogen) atoms. The molecule has 0 spiro atoms. The molecule has 0 atom stereocenters. The lowest BCUT2D eigenvalue weighted by Gasteiger charge is -2.11. The number of carbonyl (C=O) groups is 1. The van der Waals surface area contributed by atoms with Crippen molar-refractivity contribution < 1.29 is 9.53 Å². The lowest BCUT2D eigenvalue weighted by Crippen LogP contribution is -2.23. The number of hydrogen-bond donors (Lipinski definition) is 1. The average Bonchev–Trinajstić information content (AvgIpc) is 3.12. The molecule has 0 bridgehead atoms. The maximum atomic E-state index is 12.6. The number of rotatable bonds is 9. The van der Waals surface area contributed by atoms with Gasteiger partial charge in [0, 0.05) is 23.6 Å². The highest BCUT2D eigenvalue weighted by Crippen LogP contribution is 2.23. The first-order valence-electron chi connectivity index (χ1n) is 11.3. The summed E-state index contributed by atoms with van der Waals surface area (Å²) in [5.74, 6) is 0.368. The van der Waals surface area contributed by atoms with E-state index in [1.165, 1.54) is 18.4 Å². The molecular formula is C28H31N3O2. The third-order valence-electron chi connectivity index (χ3n) is 5.76. The van der Waals surface area contributed by atoms with E-state index < -0.39 is 5.91 Å². The number of nitriles is 1. The molecule has 0 unspecified atom stereocenters. The molecule has 170 valence electrons. The molecule has 1 aromatic heterocycles. The molecule has 2 aromatic carbocycles. The van der Waals surface area contributed by atoms with Crippen molar-refractivity contribution in [1.82, 2.24) is 9.88 Å². The summed E-state index contributed by atoms with van der Waals surface area (Å²) in [6.07, 6.45) is 5.12. The number of amides is 1. The number of ether oxygens (including phenoxy) is 1. The van der Waals surface area contributed by atoms with Gasteiger partial charge < -0.3 is 14.6 Å². The van der Waals surface area contributed by atoms with Crippen LogP contribution in [0, 0.1) is 25.2 Å². The fourth-order valence-corrected chi connectivity index (χ4v) is 3.85. The molecule has 0 fully saturated rings. The molecule has 0 radical (unpaired) electrons. The quantitative estimate of drug-likeness (QED) is 0.344. The highest BCUT2D eigenvalue weighted by Gasteiger charge is 2.14. The third-order valence-corrected chi connectivity index (χ3v) is 5.76. The first-order chi connectivity index (χ1) is 16.0. The Balaban J connectivity index is 1.76. The molecule has 1 heterocycles. The van der Waals surface area contributed by atoms with Gasteiger partial charge in [0.25, 0.3) is 5.91 Å². The van der Waals surface area contributed by atoms with E-state index in [1.807, 2.05) is 50.2 Å². The Morgan fingerprint density at radius 3 is 2.36 bits per heavy atom. The maximum Gasteiger partial charge on any atom is 0.262 e. The number of nitrogens with one attached hydrogen (secondary N) is 1. The monoisotopic (exact) mass is 441 g/mol. The zero-order valence-corrected chi connectivity index (χ0v) is 19.8. The smallest absolute Gasteiger partial charge is 0.262 e. The van der Waals surface area contributed by atoms with Crippen LogP contribution in [0.3, 0.4) is 0 Å². The highest BCUT2D eigenvalue weighted by atomic mass is 16.5. The van der Waals surface area contributed by atoms with E-state index in [0.717, 1.165) is 40.4 Å². The van der Waals surface area contributed by atoms with Gasteiger partial charge in [-0.2, -0.15) is 5.26 Å². The normalized spacial score (nSPS) is 11.2. The van der Waals surface area contributed by atoms with Gasteiger partial charge in [-0.05, 0) is 79.8 Å². The molecular weight excluding hydrogens is 410 g/mol. The summed E-state index contributed by atoms with van der Waals surface area (Å²) in [5, 5.41) is 12.4. The standard InChI is InChI=1S/C28H31N3O2/c1-5-6-7-22-8-12-26(13-9-22)31-20(2)16-24(21(31)3)17-25(18-29)28(32)30-19-23-10-14-27(33-4)15-11-23/h8-17H,5-7,19H2,1-4H3,(H,30,32)/b25-17-. The number of aryl methyl sites for hydroxylation is 2. The van der Waals surface area contributed by atoms with Crippen LogP contribution >= 0.6 is 0 Å². The van der Waals surface area contributed by atoms with E-state index in [4.69, 9.17) is 4.74 Å². The zero-order chi connectivity index (χ0) is 23.8. The zero-order valence-electron chi connectivity index (χ0n) is 19.8. The molecule has 0 saturated heterocycles. The Labute approximate surface area is 196 Å². The second-order valence-corrected chi connectivity index (χ2v) is 8.13. The van der Waals surface area contributed by atoms with E-state index in [9.17, 15) is 10.1 Å². The van der Waals surface area contributed by atoms with Crippen LogP contribution < -0.4 is 10.1 Å². The van der Waals surface area contributed by atoms with Crippen LogP contribution in [-0.2, 0) is 17.8 Å². The predicted molar refractivity (Wildman–Crippen MR) is 132 cm³/mol. The number of unbranched alkanes of at least 4 members (excludes halogenated alkanes) is 1. The first kappa shape index (κ1) is 23.9. The van der Waals surface area contributed by atoms with Crippen LogP contribution in [0.5, 0.6) is 5.75 Å². The van der Waals surface area contributed by atoms with Gasteiger partial charge in [-0.3, -0.25) is 4.79 Å². The number of aromatic nitrogens is 1. The Kier molecular flexibility index (Phi) is 8.10. The largest absolute Gasteiger partial charge is 0.497 e. The second kappa shape index (κ2) is 11.2. The summed E-state index contributed by atoms with van der Waals surface area (Å²) in [6.45, 7) is 6.58. The van der Waals surface area contributed by atoms with Crippen LogP contribution in [0.15, 0.2) is 60.2 Å². The Morgan fingerprint density at radius 2 is 1.76 bits per heavy atom. The summed E-state index contributed by atoms with van der Waals surface area (Å²) >= 11 is 0. The second-order valence-electron chi connectivity index (χ2n) is 8.13. The van der Waals surface area contributed by atoms with E-state index >= 15 is 0 Å². The van der Waals surface area contributed by atoms with Gasteiger partial charge in [-0.15, -0.1) is 0 Å². The van der Waals surface area contributed by atoms with Crippen molar-refractivity contribution in [3.05, 3.63) is 88.2 Å². The summed E-state index contributed by atoms with van der Waals surface area (Å²) in [5.41, 5.74) is 6.33. The molecule has 5 nitrogen and oxygen atoms in total. The molecule has 0 saturated carbocycles. The Bertz CT molecular complexity index is 1160. The van der Waals surface area contributed by atoms with Crippen molar-refractivity contribution in [2.45, 2.75) is 46.6 Å². The molecule has 1 amide bonds. The molecule has 3 aromatic rings. The minimum Gasteiger partial charge on any atom is -0.497 e. The van der Waals surface area contributed by atoms with E-state index in [-0.39, 0.29) is 5.57 Å². The van der Waals surface area contributed by atoms with Crippen LogP contribution in [0.1, 0.15) is 47.8 Å². The van der Waals surface area contributed by atoms with Gasteiger partial charge in [0.1, 0.15) is 17.4 Å². The number of carbonyl (C=O) groups excluding carboxylic acids is 1. The van der Waals surface area contributed by atoms with Gasteiger partial charge in [-0.25, -0.2) is 0 Å². The minimum atomic E-state index is -0.390. The van der Waals surface area contributed by atoms with Crippen molar-refractivity contribution >= 4 is 12.0 Å². The van der Waals surface area contributed by atoms with Crippen LogP contribution in [0.25, 0.3) is 11.8 Å². The summed E-state index contributed by atoms with van der Waals surface area (Å²) in [7, 11) is 1.61. The van der Waals surface area contributed by atoms with E-state index in [0.29, 0.717) is 6.54 Å². The predicted octanol–water partition coefficient (Wildman–Crippen LogP) is 5.67. The van der Waals surface area contributed by atoms with Gasteiger partial charge in [-0.1, -0.05) is 37.6 Å². The van der Waals surface area contributed by atoms with E-state index in [1.54, 1.807) is 13.2 Å². The third kappa shape index (κ3) is 5.93. The van der Waals surface area contributed by atoms with Crippen LogP contribution in [0.4, 0.5) is 0 Å². The van der Waals surface area contributed by atoms with Crippen molar-refractivity contribution in [3.63, 3.8) is 0 Å². The van der Waals surface area contributed by atoms with Crippen LogP contribution in [0.2, 0.25) is 0 Å². The van der Waals surface area contributed by atoms with Crippen molar-refractivity contribution in [2.24, 2.45) is 0 Å². The molecule has 0 aliphatic heterocycles. The van der Waals surface area contributed by atoms with Crippen molar-refractivity contribution in [2.75, 3.05) is 7.11 Å². The summed E-state index contributed by atoms with van der Waals surface area (Å²) < 4.78 is 7.30. The van der Waals surface area contributed by atoms with E-state index in [2.05, 4.69) is 41.1 Å². The Morgan fingerprint density at radius 1 is 1.09 bits per heavy atom. The van der Waals surface area contributed by atoms with Gasteiger partial charge in [0.05, 0.1) is 7.11 Å². The topological polar surface area (TPSA) is 67.0 Å². The first-order valence-corrected chi connectivity index (χ1v) is 11.3. The van der Waals surface area contributed by atoms with Crippen molar-refractivity contribution in [3.8, 4) is 17.5 Å². The fourth-order valence-electron chi connectivity index (χ4n) is 3.85. The van der Waals surface area contributed by atoms with Crippen molar-refractivity contribution in [1.29, 1.82) is 5.26 Å². The Hall–Kier alpha value is -3.78. The summed E-state index contributed by atoms with van der Waals surface area (Å²) in [6, 6.07) is 20.1. The highest BCUT2D eigenvalue weighted by molar-refractivity contribution is 6.01. The molecule has 3 rings (SSSR count). The number of methoxy groups -OCH3 is 1.